The van der Waals surface area contributed by atoms with Crippen LogP contribution in [-0.2, 0) is 16.1 Å². The van der Waals surface area contributed by atoms with Crippen LogP contribution in [0.5, 0.6) is 23.0 Å². The Morgan fingerprint density at radius 2 is 1.76 bits per heavy atom. The van der Waals surface area contributed by atoms with Crippen LogP contribution in [0.3, 0.4) is 0 Å². The third kappa shape index (κ3) is 6.18. The van der Waals surface area contributed by atoms with Gasteiger partial charge in [-0.25, -0.2) is 4.79 Å². The third-order valence-corrected chi connectivity index (χ3v) is 4.13. The second-order valence-corrected chi connectivity index (χ2v) is 6.09. The zero-order valence-electron chi connectivity index (χ0n) is 16.7. The van der Waals surface area contributed by atoms with Gasteiger partial charge in [0.2, 0.25) is 0 Å². The molecule has 0 aromatic heterocycles. The van der Waals surface area contributed by atoms with E-state index in [1.807, 2.05) is 18.2 Å². The lowest BCUT2D eigenvalue weighted by Crippen LogP contribution is -2.13. The van der Waals surface area contributed by atoms with E-state index in [1.54, 1.807) is 32.6 Å². The van der Waals surface area contributed by atoms with Crippen LogP contribution in [0, 0.1) is 0 Å². The Labute approximate surface area is 174 Å². The minimum atomic E-state index is -0.520. The molecule has 0 aliphatic heterocycles. The van der Waals surface area contributed by atoms with Gasteiger partial charge in [-0.1, -0.05) is 17.7 Å². The Kier molecular flexibility index (Phi) is 8.42. The molecule has 0 amide bonds. The predicted molar refractivity (Wildman–Crippen MR) is 109 cm³/mol. The first-order valence-corrected chi connectivity index (χ1v) is 8.94. The Bertz CT molecular complexity index is 872. The number of ether oxygens (including phenoxy) is 5. The van der Waals surface area contributed by atoms with Gasteiger partial charge in [0.05, 0.1) is 46.2 Å². The number of hydrogen-bond donors (Lipinski definition) is 1. The van der Waals surface area contributed by atoms with Crippen molar-refractivity contribution in [2.24, 2.45) is 5.10 Å². The van der Waals surface area contributed by atoms with Crippen molar-refractivity contribution < 1.29 is 28.5 Å². The van der Waals surface area contributed by atoms with Crippen LogP contribution < -0.4 is 24.4 Å². The minimum Gasteiger partial charge on any atom is -0.493 e. The maximum absolute atomic E-state index is 11.3. The number of carbonyl (C=O) groups is 1. The summed E-state index contributed by atoms with van der Waals surface area (Å²) in [7, 11) is 5.93. The van der Waals surface area contributed by atoms with E-state index in [0.29, 0.717) is 29.4 Å². The molecular formula is C20H23ClN2O6. The highest BCUT2D eigenvalue weighted by Gasteiger charge is 2.13. The summed E-state index contributed by atoms with van der Waals surface area (Å²) in [6.45, 7) is 0.217. The zero-order valence-corrected chi connectivity index (χ0v) is 17.4. The van der Waals surface area contributed by atoms with E-state index in [1.165, 1.54) is 14.2 Å². The van der Waals surface area contributed by atoms with Gasteiger partial charge in [-0.05, 0) is 35.4 Å². The smallest absolute Gasteiger partial charge is 0.343 e. The number of methoxy groups -OCH3 is 4. The number of benzene rings is 2. The van der Waals surface area contributed by atoms with Crippen LogP contribution in [0.15, 0.2) is 35.4 Å². The molecule has 0 unspecified atom stereocenters. The van der Waals surface area contributed by atoms with Crippen molar-refractivity contribution in [3.8, 4) is 23.0 Å². The molecule has 2 aromatic rings. The summed E-state index contributed by atoms with van der Waals surface area (Å²) in [4.78, 5) is 11.3. The molecule has 156 valence electrons. The van der Waals surface area contributed by atoms with Crippen molar-refractivity contribution in [3.63, 3.8) is 0 Å². The van der Waals surface area contributed by atoms with Gasteiger partial charge in [0, 0.05) is 0 Å². The molecular weight excluding hydrogens is 400 g/mol. The normalized spacial score (nSPS) is 10.5. The quantitative estimate of drug-likeness (QED) is 0.357. The van der Waals surface area contributed by atoms with Crippen molar-refractivity contribution in [2.45, 2.75) is 6.54 Å². The van der Waals surface area contributed by atoms with Crippen LogP contribution >= 0.6 is 11.6 Å². The van der Waals surface area contributed by atoms with E-state index in [2.05, 4.69) is 15.3 Å². The van der Waals surface area contributed by atoms with Crippen molar-refractivity contribution in [1.29, 1.82) is 0 Å². The highest BCUT2D eigenvalue weighted by molar-refractivity contribution is 6.32. The van der Waals surface area contributed by atoms with Crippen LogP contribution in [-0.4, -0.2) is 47.2 Å². The molecule has 0 fully saturated rings. The van der Waals surface area contributed by atoms with Crippen molar-refractivity contribution >= 4 is 23.8 Å². The molecule has 0 atom stereocenters. The maximum Gasteiger partial charge on any atom is 0.343 e. The average molecular weight is 423 g/mol. The first kappa shape index (κ1) is 22.2. The zero-order chi connectivity index (χ0) is 21.2. The van der Waals surface area contributed by atoms with E-state index in [-0.39, 0.29) is 17.4 Å². The lowest BCUT2D eigenvalue weighted by Gasteiger charge is -2.12. The van der Waals surface area contributed by atoms with Crippen molar-refractivity contribution in [2.75, 3.05) is 35.0 Å². The fraction of sp³-hybridized carbons (Fsp3) is 0.300. The number of esters is 1. The molecule has 0 saturated heterocycles. The number of rotatable bonds is 10. The van der Waals surface area contributed by atoms with Gasteiger partial charge in [-0.2, -0.15) is 5.10 Å². The van der Waals surface area contributed by atoms with Gasteiger partial charge >= 0.3 is 5.97 Å². The Hall–Kier alpha value is -3.13. The molecule has 0 heterocycles. The molecule has 0 bridgehead atoms. The Morgan fingerprint density at radius 1 is 1.03 bits per heavy atom. The molecule has 0 saturated carbocycles. The molecule has 1 N–H and O–H groups in total. The van der Waals surface area contributed by atoms with Crippen molar-refractivity contribution in [1.82, 2.24) is 5.43 Å². The van der Waals surface area contributed by atoms with E-state index in [4.69, 9.17) is 30.5 Å². The number of nitrogens with zero attached hydrogens (tertiary/aromatic N) is 1. The van der Waals surface area contributed by atoms with Gasteiger partial charge < -0.3 is 29.1 Å². The summed E-state index contributed by atoms with van der Waals surface area (Å²) in [6, 6.07) is 8.96. The second-order valence-electron chi connectivity index (χ2n) is 5.68. The fourth-order valence-electron chi connectivity index (χ4n) is 2.39. The lowest BCUT2D eigenvalue weighted by atomic mass is 10.2. The topological polar surface area (TPSA) is 87.6 Å². The molecule has 2 aromatic carbocycles. The van der Waals surface area contributed by atoms with Crippen LogP contribution in [0.1, 0.15) is 11.1 Å². The monoisotopic (exact) mass is 422 g/mol. The van der Waals surface area contributed by atoms with Gasteiger partial charge in [0.25, 0.3) is 0 Å². The SMILES string of the molecule is COC(=O)COc1c(Cl)cc(/C=N\NCc2ccc(OC)c(OC)c2)cc1OC. The number of halogens is 1. The molecule has 0 aliphatic rings. The summed E-state index contributed by atoms with van der Waals surface area (Å²) < 4.78 is 25.7. The minimum absolute atomic E-state index is 0.259. The highest BCUT2D eigenvalue weighted by atomic mass is 35.5. The lowest BCUT2D eigenvalue weighted by molar-refractivity contribution is -0.142. The van der Waals surface area contributed by atoms with E-state index in [9.17, 15) is 4.79 Å². The van der Waals surface area contributed by atoms with E-state index >= 15 is 0 Å². The Balaban J connectivity index is 2.03. The third-order valence-electron chi connectivity index (χ3n) is 3.85. The molecule has 0 aliphatic carbocycles. The molecule has 0 radical (unpaired) electrons. The van der Waals surface area contributed by atoms with Gasteiger partial charge in [-0.15, -0.1) is 0 Å². The summed E-state index contributed by atoms with van der Waals surface area (Å²) in [5, 5.41) is 4.48. The van der Waals surface area contributed by atoms with E-state index in [0.717, 1.165) is 5.56 Å². The standard InChI is InChI=1S/C20H23ClN2O6/c1-25-16-6-5-13(8-17(16)26-2)10-22-23-11-14-7-15(21)20(18(9-14)27-3)29-12-19(24)28-4/h5-9,11,22H,10,12H2,1-4H3/b23-11-. The molecule has 0 spiro atoms. The molecule has 8 nitrogen and oxygen atoms in total. The average Bonchev–Trinajstić information content (AvgIpc) is 2.74. The molecule has 2 rings (SSSR count). The van der Waals surface area contributed by atoms with Gasteiger partial charge in [-0.3, -0.25) is 0 Å². The molecule has 9 heteroatoms. The fourth-order valence-corrected chi connectivity index (χ4v) is 2.67. The van der Waals surface area contributed by atoms with Crippen molar-refractivity contribution in [3.05, 3.63) is 46.5 Å². The summed E-state index contributed by atoms with van der Waals surface area (Å²) in [6.07, 6.45) is 1.60. The second kappa shape index (κ2) is 11.0. The maximum atomic E-state index is 11.3. The highest BCUT2D eigenvalue weighted by Crippen LogP contribution is 2.36. The number of nitrogens with one attached hydrogen (secondary N) is 1. The predicted octanol–water partition coefficient (Wildman–Crippen LogP) is 3.04. The summed E-state index contributed by atoms with van der Waals surface area (Å²) in [5.41, 5.74) is 4.62. The number of hydrazone groups is 1. The van der Waals surface area contributed by atoms with Crippen LogP contribution in [0.2, 0.25) is 5.02 Å². The number of hydrogen-bond acceptors (Lipinski definition) is 8. The molecule has 29 heavy (non-hydrogen) atoms. The first-order chi connectivity index (χ1) is 14.0. The largest absolute Gasteiger partial charge is 0.493 e. The van der Waals surface area contributed by atoms with E-state index < -0.39 is 5.97 Å². The Morgan fingerprint density at radius 3 is 2.41 bits per heavy atom. The summed E-state index contributed by atoms with van der Waals surface area (Å²) in [5.74, 6) is 1.43. The van der Waals surface area contributed by atoms with Crippen LogP contribution in [0.4, 0.5) is 0 Å². The first-order valence-electron chi connectivity index (χ1n) is 8.56. The van der Waals surface area contributed by atoms with Gasteiger partial charge in [0.1, 0.15) is 0 Å². The van der Waals surface area contributed by atoms with Gasteiger partial charge in [0.15, 0.2) is 29.6 Å². The van der Waals surface area contributed by atoms with Crippen LogP contribution in [0.25, 0.3) is 0 Å². The number of carbonyl (C=O) groups excluding carboxylic acids is 1. The summed E-state index contributed by atoms with van der Waals surface area (Å²) >= 11 is 6.25.